The molecule has 0 saturated heterocycles. The van der Waals surface area contributed by atoms with Crippen LogP contribution in [0.5, 0.6) is 0 Å². The summed E-state index contributed by atoms with van der Waals surface area (Å²) >= 11 is 0. The second-order valence-corrected chi connectivity index (χ2v) is 4.86. The molecular weight excluding hydrogens is 296 g/mol. The zero-order valence-electron chi connectivity index (χ0n) is 12.1. The molecule has 23 heavy (non-hydrogen) atoms. The molecule has 114 valence electrons. The van der Waals surface area contributed by atoms with E-state index in [2.05, 4.69) is 28.3 Å². The van der Waals surface area contributed by atoms with Gasteiger partial charge in [0.1, 0.15) is 0 Å². The molecule has 0 bridgehead atoms. The largest absolute Gasteiger partial charge is 0.292 e. The van der Waals surface area contributed by atoms with Gasteiger partial charge in [-0.05, 0) is 0 Å². The number of rotatable bonds is 5. The number of amides is 2. The van der Waals surface area contributed by atoms with E-state index in [1.165, 1.54) is 30.6 Å². The van der Waals surface area contributed by atoms with Gasteiger partial charge in [0.05, 0.1) is 29.3 Å². The van der Waals surface area contributed by atoms with Crippen LogP contribution in [-0.2, 0) is 4.79 Å². The van der Waals surface area contributed by atoms with Gasteiger partial charge in [0, 0.05) is 11.8 Å². The number of fused-ring (bicyclic) bond motifs is 3. The van der Waals surface area contributed by atoms with E-state index in [-0.39, 0.29) is 23.2 Å². The van der Waals surface area contributed by atoms with Crippen molar-refractivity contribution in [3.8, 4) is 0 Å². The maximum Gasteiger partial charge on any atom is 0.263 e. The highest BCUT2D eigenvalue weighted by Crippen LogP contribution is 2.28. The summed E-state index contributed by atoms with van der Waals surface area (Å²) in [5.41, 5.74) is 1.08. The number of ketones is 1. The number of aromatic nitrogens is 3. The van der Waals surface area contributed by atoms with E-state index >= 15 is 0 Å². The maximum atomic E-state index is 12.5. The zero-order valence-corrected chi connectivity index (χ0v) is 12.1. The normalized spacial score (nSPS) is 14.3. The number of Topliss-reactive ketones (excluding diaryl/α,β-unsaturated/α-hetero) is 1. The lowest BCUT2D eigenvalue weighted by Gasteiger charge is -2.12. The van der Waals surface area contributed by atoms with Gasteiger partial charge in [-0.1, -0.05) is 31.4 Å². The first-order chi connectivity index (χ1) is 11.1. The lowest BCUT2D eigenvalue weighted by Crippen LogP contribution is -2.35. The molecule has 0 fully saturated rings. The van der Waals surface area contributed by atoms with Gasteiger partial charge in [-0.3, -0.25) is 24.4 Å². The van der Waals surface area contributed by atoms with E-state index < -0.39 is 17.6 Å². The van der Waals surface area contributed by atoms with Gasteiger partial charge in [0.15, 0.2) is 11.4 Å². The highest BCUT2D eigenvalue weighted by molar-refractivity contribution is 6.27. The first-order valence-electron chi connectivity index (χ1n) is 6.75. The second-order valence-electron chi connectivity index (χ2n) is 4.86. The Kier molecular flexibility index (Phi) is 3.46. The van der Waals surface area contributed by atoms with Crippen LogP contribution in [0.4, 0.5) is 0 Å². The number of nitrogens with zero attached hydrogens (tertiary/aromatic N) is 3. The monoisotopic (exact) mass is 308 g/mol. The molecule has 2 aromatic heterocycles. The molecule has 7 nitrogen and oxygen atoms in total. The van der Waals surface area contributed by atoms with E-state index in [1.807, 2.05) is 0 Å². The number of hydrogen-bond acceptors (Lipinski definition) is 5. The Hall–Kier alpha value is -3.35. The van der Waals surface area contributed by atoms with Crippen molar-refractivity contribution >= 4 is 28.6 Å². The van der Waals surface area contributed by atoms with Gasteiger partial charge in [0.25, 0.3) is 11.8 Å². The van der Waals surface area contributed by atoms with Crippen LogP contribution in [0, 0.1) is 0 Å². The van der Waals surface area contributed by atoms with Crippen LogP contribution in [0.15, 0.2) is 49.4 Å². The van der Waals surface area contributed by atoms with Gasteiger partial charge in [-0.15, -0.1) is 0 Å². The van der Waals surface area contributed by atoms with Gasteiger partial charge in [0.2, 0.25) is 0 Å². The van der Waals surface area contributed by atoms with Crippen LogP contribution in [-0.4, -0.2) is 44.2 Å². The fourth-order valence-corrected chi connectivity index (χ4v) is 2.44. The molecule has 7 heteroatoms. The molecule has 1 aliphatic rings. The standard InChI is InChI=1S/C16H12N4O3/c1-3-5-9(4-2)12(21)8-20-15(22)11-6-17-14-10(7-18-19-14)13(11)16(20)23/h3-7H,1-2,8H2,(H,17,18,19)/b9-5+. The van der Waals surface area contributed by atoms with Gasteiger partial charge in [-0.2, -0.15) is 5.10 Å². The molecule has 0 saturated carbocycles. The molecule has 0 aromatic carbocycles. The van der Waals surface area contributed by atoms with Crippen LogP contribution < -0.4 is 0 Å². The molecule has 3 rings (SSSR count). The summed E-state index contributed by atoms with van der Waals surface area (Å²) in [6, 6.07) is 0. The summed E-state index contributed by atoms with van der Waals surface area (Å²) in [5.74, 6) is -1.48. The molecule has 1 N–H and O–H groups in total. The Morgan fingerprint density at radius 3 is 2.74 bits per heavy atom. The first-order valence-corrected chi connectivity index (χ1v) is 6.75. The molecular formula is C16H12N4O3. The van der Waals surface area contributed by atoms with Crippen molar-refractivity contribution in [2.75, 3.05) is 6.54 Å². The van der Waals surface area contributed by atoms with E-state index in [1.54, 1.807) is 0 Å². The van der Waals surface area contributed by atoms with E-state index in [0.717, 1.165) is 4.90 Å². The number of nitrogens with one attached hydrogen (secondary N) is 1. The molecule has 1 aliphatic heterocycles. The summed E-state index contributed by atoms with van der Waals surface area (Å²) in [6.45, 7) is 6.69. The first kappa shape index (κ1) is 14.6. The van der Waals surface area contributed by atoms with E-state index in [9.17, 15) is 14.4 Å². The third-order valence-electron chi connectivity index (χ3n) is 3.56. The minimum absolute atomic E-state index is 0.171. The van der Waals surface area contributed by atoms with E-state index in [4.69, 9.17) is 0 Å². The van der Waals surface area contributed by atoms with Gasteiger partial charge < -0.3 is 0 Å². The van der Waals surface area contributed by atoms with Crippen molar-refractivity contribution in [1.29, 1.82) is 0 Å². The number of allylic oxidation sites excluding steroid dienone is 3. The minimum atomic E-state index is -0.545. The van der Waals surface area contributed by atoms with Crippen molar-refractivity contribution in [1.82, 2.24) is 20.1 Å². The Morgan fingerprint density at radius 1 is 1.26 bits per heavy atom. The summed E-state index contributed by atoms with van der Waals surface area (Å²) in [6.07, 6.45) is 7.02. The Balaban J connectivity index is 1.97. The summed E-state index contributed by atoms with van der Waals surface area (Å²) in [7, 11) is 0. The third kappa shape index (κ3) is 2.18. The quantitative estimate of drug-likeness (QED) is 0.512. The van der Waals surface area contributed by atoms with Crippen molar-refractivity contribution in [3.05, 3.63) is 60.5 Å². The highest BCUT2D eigenvalue weighted by atomic mass is 16.2. The number of H-pyrrole nitrogens is 1. The average Bonchev–Trinajstić information content (AvgIpc) is 3.11. The number of pyridine rings is 1. The van der Waals surface area contributed by atoms with Crippen molar-refractivity contribution in [2.24, 2.45) is 0 Å². The van der Waals surface area contributed by atoms with Crippen LogP contribution >= 0.6 is 0 Å². The van der Waals surface area contributed by atoms with Crippen molar-refractivity contribution in [2.45, 2.75) is 0 Å². The summed E-state index contributed by atoms with van der Waals surface area (Å²) < 4.78 is 0. The molecule has 2 aromatic rings. The molecule has 0 radical (unpaired) electrons. The minimum Gasteiger partial charge on any atom is -0.292 e. The maximum absolute atomic E-state index is 12.5. The summed E-state index contributed by atoms with van der Waals surface area (Å²) in [5, 5.41) is 6.92. The van der Waals surface area contributed by atoms with Crippen LogP contribution in [0.3, 0.4) is 0 Å². The molecule has 3 heterocycles. The lowest BCUT2D eigenvalue weighted by atomic mass is 10.1. The lowest BCUT2D eigenvalue weighted by molar-refractivity contribution is -0.115. The molecule has 0 atom stereocenters. The number of imide groups is 1. The number of hydrogen-bond donors (Lipinski definition) is 1. The number of carbonyl (C=O) groups is 3. The summed E-state index contributed by atoms with van der Waals surface area (Å²) in [4.78, 5) is 42.1. The Morgan fingerprint density at radius 2 is 2.04 bits per heavy atom. The van der Waals surface area contributed by atoms with Crippen molar-refractivity contribution in [3.63, 3.8) is 0 Å². The predicted octanol–water partition coefficient (Wildman–Crippen LogP) is 1.42. The number of aromatic amines is 1. The second kappa shape index (κ2) is 5.45. The third-order valence-corrected chi connectivity index (χ3v) is 3.56. The number of carbonyl (C=O) groups excluding carboxylic acids is 3. The highest BCUT2D eigenvalue weighted by Gasteiger charge is 2.38. The van der Waals surface area contributed by atoms with Crippen LogP contribution in [0.25, 0.3) is 11.0 Å². The Bertz CT molecular complexity index is 907. The van der Waals surface area contributed by atoms with Gasteiger partial charge in [-0.25, -0.2) is 4.98 Å². The Labute approximate surface area is 131 Å². The fourth-order valence-electron chi connectivity index (χ4n) is 2.44. The molecule has 2 amide bonds. The van der Waals surface area contributed by atoms with Crippen LogP contribution in [0.1, 0.15) is 20.7 Å². The van der Waals surface area contributed by atoms with Crippen molar-refractivity contribution < 1.29 is 14.4 Å². The van der Waals surface area contributed by atoms with Crippen LogP contribution in [0.2, 0.25) is 0 Å². The molecule has 0 unspecified atom stereocenters. The van der Waals surface area contributed by atoms with Gasteiger partial charge >= 0.3 is 0 Å². The predicted molar refractivity (Wildman–Crippen MR) is 82.7 cm³/mol. The topological polar surface area (TPSA) is 96.0 Å². The average molecular weight is 308 g/mol. The molecule has 0 spiro atoms. The SMILES string of the molecule is C=C/C=C(\C=C)C(=O)CN1C(=O)c2cnc3[nH]ncc3c2C1=O. The zero-order chi connectivity index (χ0) is 16.6. The fraction of sp³-hybridized carbons (Fsp3) is 0.0625. The van der Waals surface area contributed by atoms with E-state index in [0.29, 0.717) is 11.0 Å². The molecule has 0 aliphatic carbocycles. The smallest absolute Gasteiger partial charge is 0.263 e.